The molecule has 0 heterocycles. The van der Waals surface area contributed by atoms with Gasteiger partial charge in [-0.15, -0.1) is 0 Å². The van der Waals surface area contributed by atoms with Gasteiger partial charge in [-0.1, -0.05) is 29.8 Å². The maximum Gasteiger partial charge on any atom is 0.250 e. The van der Waals surface area contributed by atoms with Crippen molar-refractivity contribution >= 4 is 46.6 Å². The second-order valence-corrected chi connectivity index (χ2v) is 5.57. The van der Waals surface area contributed by atoms with Crippen molar-refractivity contribution in [2.45, 2.75) is 6.92 Å². The maximum absolute atomic E-state index is 11.9. The van der Waals surface area contributed by atoms with Gasteiger partial charge in [0, 0.05) is 16.8 Å². The molecule has 24 heavy (non-hydrogen) atoms. The van der Waals surface area contributed by atoms with Crippen LogP contribution in [0.2, 0.25) is 5.02 Å². The molecule has 0 fully saturated rings. The molecule has 0 spiro atoms. The van der Waals surface area contributed by atoms with Crippen LogP contribution in [0.1, 0.15) is 12.5 Å². The minimum atomic E-state index is -0.335. The Labute approximate surface area is 151 Å². The number of ether oxygens (including phenoxy) is 1. The number of amides is 1. The summed E-state index contributed by atoms with van der Waals surface area (Å²) in [6.45, 7) is 2.53. The van der Waals surface area contributed by atoms with Crippen molar-refractivity contribution in [2.24, 2.45) is 0 Å². The fraction of sp³-hybridized carbons (Fsp3) is 0.111. The molecule has 0 unspecified atom stereocenters. The highest BCUT2D eigenvalue weighted by Crippen LogP contribution is 2.16. The Morgan fingerprint density at radius 3 is 2.58 bits per heavy atom. The molecule has 2 rings (SSSR count). The Morgan fingerprint density at radius 1 is 1.21 bits per heavy atom. The Hall–Kier alpha value is -2.37. The average molecular weight is 361 g/mol. The van der Waals surface area contributed by atoms with Crippen molar-refractivity contribution in [3.8, 4) is 5.75 Å². The van der Waals surface area contributed by atoms with E-state index in [9.17, 15) is 4.79 Å². The average Bonchev–Trinajstić information content (AvgIpc) is 2.56. The van der Waals surface area contributed by atoms with E-state index in [-0.39, 0.29) is 11.0 Å². The van der Waals surface area contributed by atoms with Gasteiger partial charge in [-0.25, -0.2) is 0 Å². The van der Waals surface area contributed by atoms with E-state index in [1.54, 1.807) is 12.1 Å². The normalized spacial score (nSPS) is 10.4. The summed E-state index contributed by atoms with van der Waals surface area (Å²) in [6, 6.07) is 14.6. The van der Waals surface area contributed by atoms with Gasteiger partial charge in [0.15, 0.2) is 5.11 Å². The first-order valence-electron chi connectivity index (χ1n) is 7.36. The number of hydrogen-bond acceptors (Lipinski definition) is 3. The lowest BCUT2D eigenvalue weighted by Gasteiger charge is -2.09. The molecule has 124 valence electrons. The van der Waals surface area contributed by atoms with Crippen LogP contribution in [0.4, 0.5) is 5.69 Å². The van der Waals surface area contributed by atoms with Crippen LogP contribution >= 0.6 is 23.8 Å². The molecule has 2 aromatic carbocycles. The molecule has 0 aliphatic rings. The van der Waals surface area contributed by atoms with Gasteiger partial charge in [0.1, 0.15) is 5.75 Å². The van der Waals surface area contributed by atoms with Crippen molar-refractivity contribution < 1.29 is 9.53 Å². The third-order valence-electron chi connectivity index (χ3n) is 2.98. The molecule has 0 saturated carbocycles. The van der Waals surface area contributed by atoms with E-state index in [1.807, 2.05) is 49.4 Å². The fourth-order valence-electron chi connectivity index (χ4n) is 1.89. The van der Waals surface area contributed by atoms with E-state index < -0.39 is 0 Å². The second kappa shape index (κ2) is 9.05. The smallest absolute Gasteiger partial charge is 0.250 e. The number of thiocarbonyl (C=S) groups is 1. The fourth-order valence-corrected chi connectivity index (χ4v) is 2.31. The number of nitrogens with one attached hydrogen (secondary N) is 2. The Bertz CT molecular complexity index is 745. The van der Waals surface area contributed by atoms with Crippen LogP contribution in [0.3, 0.4) is 0 Å². The van der Waals surface area contributed by atoms with E-state index >= 15 is 0 Å². The molecule has 0 aliphatic heterocycles. The molecule has 1 amide bonds. The van der Waals surface area contributed by atoms with E-state index in [0.29, 0.717) is 11.6 Å². The molecular formula is C18H17ClN2O2S. The van der Waals surface area contributed by atoms with Crippen molar-refractivity contribution in [3.05, 3.63) is 65.2 Å². The second-order valence-electron chi connectivity index (χ2n) is 4.76. The number of benzene rings is 2. The quantitative estimate of drug-likeness (QED) is 0.617. The van der Waals surface area contributed by atoms with Crippen molar-refractivity contribution in [1.29, 1.82) is 0 Å². The Morgan fingerprint density at radius 2 is 1.92 bits per heavy atom. The molecule has 0 saturated heterocycles. The minimum absolute atomic E-state index is 0.216. The van der Waals surface area contributed by atoms with E-state index in [2.05, 4.69) is 10.6 Å². The van der Waals surface area contributed by atoms with Crippen LogP contribution in [0.15, 0.2) is 54.6 Å². The molecular weight excluding hydrogens is 344 g/mol. The molecule has 2 aromatic rings. The van der Waals surface area contributed by atoms with Gasteiger partial charge >= 0.3 is 0 Å². The molecule has 0 radical (unpaired) electrons. The first-order valence-corrected chi connectivity index (χ1v) is 8.14. The zero-order valence-electron chi connectivity index (χ0n) is 13.1. The molecule has 0 aliphatic carbocycles. The van der Waals surface area contributed by atoms with Crippen LogP contribution in [0.25, 0.3) is 6.08 Å². The van der Waals surface area contributed by atoms with E-state index in [4.69, 9.17) is 28.6 Å². The minimum Gasteiger partial charge on any atom is -0.494 e. The molecule has 4 nitrogen and oxygen atoms in total. The third kappa shape index (κ3) is 5.68. The van der Waals surface area contributed by atoms with Crippen molar-refractivity contribution in [3.63, 3.8) is 0 Å². The zero-order valence-corrected chi connectivity index (χ0v) is 14.7. The van der Waals surface area contributed by atoms with Gasteiger partial charge in [-0.2, -0.15) is 0 Å². The predicted molar refractivity (Wildman–Crippen MR) is 102 cm³/mol. The number of halogens is 1. The van der Waals surface area contributed by atoms with Gasteiger partial charge in [-0.05, 0) is 61.1 Å². The van der Waals surface area contributed by atoms with Crippen LogP contribution in [0.5, 0.6) is 5.75 Å². The Balaban J connectivity index is 1.87. The monoisotopic (exact) mass is 360 g/mol. The van der Waals surface area contributed by atoms with Crippen molar-refractivity contribution in [2.75, 3.05) is 11.9 Å². The molecule has 0 bridgehead atoms. The highest BCUT2D eigenvalue weighted by atomic mass is 35.5. The standard InChI is InChI=1S/C18H17ClN2O2S/c1-2-23-15-10-8-14(9-11-15)20-18(24)21-17(22)12-7-13-5-3-4-6-16(13)19/h3-12H,2H2,1H3,(H2,20,21,22,24). The summed E-state index contributed by atoms with van der Waals surface area (Å²) in [6.07, 6.45) is 3.02. The van der Waals surface area contributed by atoms with Gasteiger partial charge in [0.05, 0.1) is 6.61 Å². The zero-order chi connectivity index (χ0) is 17.4. The van der Waals surface area contributed by atoms with Gasteiger partial charge < -0.3 is 10.1 Å². The first-order chi connectivity index (χ1) is 11.6. The lowest BCUT2D eigenvalue weighted by Crippen LogP contribution is -2.32. The van der Waals surface area contributed by atoms with Gasteiger partial charge in [0.2, 0.25) is 5.91 Å². The van der Waals surface area contributed by atoms with Gasteiger partial charge in [0.25, 0.3) is 0 Å². The number of rotatable bonds is 5. The Kier molecular flexibility index (Phi) is 6.78. The van der Waals surface area contributed by atoms with Crippen LogP contribution in [0, 0.1) is 0 Å². The highest BCUT2D eigenvalue weighted by Gasteiger charge is 2.03. The molecule has 2 N–H and O–H groups in total. The largest absolute Gasteiger partial charge is 0.494 e. The lowest BCUT2D eigenvalue weighted by molar-refractivity contribution is -0.115. The number of carbonyl (C=O) groups excluding carboxylic acids is 1. The van der Waals surface area contributed by atoms with Crippen LogP contribution in [-0.4, -0.2) is 17.6 Å². The summed E-state index contributed by atoms with van der Waals surface area (Å²) < 4.78 is 5.36. The van der Waals surface area contributed by atoms with Crippen LogP contribution in [-0.2, 0) is 4.79 Å². The summed E-state index contributed by atoms with van der Waals surface area (Å²) in [5.41, 5.74) is 1.53. The van der Waals surface area contributed by atoms with E-state index in [0.717, 1.165) is 17.0 Å². The number of hydrogen-bond donors (Lipinski definition) is 2. The molecule has 0 aromatic heterocycles. The molecule has 6 heteroatoms. The summed E-state index contributed by atoms with van der Waals surface area (Å²) in [5.74, 6) is 0.444. The first kappa shape index (κ1) is 18.0. The molecule has 0 atom stereocenters. The summed E-state index contributed by atoms with van der Waals surface area (Å²) in [4.78, 5) is 11.9. The number of carbonyl (C=O) groups is 1. The topological polar surface area (TPSA) is 50.4 Å². The maximum atomic E-state index is 11.9. The summed E-state index contributed by atoms with van der Waals surface area (Å²) >= 11 is 11.1. The highest BCUT2D eigenvalue weighted by molar-refractivity contribution is 7.80. The van der Waals surface area contributed by atoms with Crippen molar-refractivity contribution in [1.82, 2.24) is 5.32 Å². The van der Waals surface area contributed by atoms with Crippen LogP contribution < -0.4 is 15.4 Å². The number of anilines is 1. The summed E-state index contributed by atoms with van der Waals surface area (Å²) in [7, 11) is 0. The third-order valence-corrected chi connectivity index (χ3v) is 3.53. The SMILES string of the molecule is CCOc1ccc(NC(=S)NC(=O)C=Cc2ccccc2Cl)cc1. The van der Waals surface area contributed by atoms with E-state index in [1.165, 1.54) is 6.08 Å². The summed E-state index contributed by atoms with van der Waals surface area (Å²) in [5, 5.41) is 6.31. The predicted octanol–water partition coefficient (Wildman–Crippen LogP) is 4.27. The van der Waals surface area contributed by atoms with Gasteiger partial charge in [-0.3, -0.25) is 10.1 Å². The lowest BCUT2D eigenvalue weighted by atomic mass is 10.2.